The molecule has 0 heterocycles. The van der Waals surface area contributed by atoms with Crippen molar-refractivity contribution in [2.24, 2.45) is 0 Å². The zero-order chi connectivity index (χ0) is 9.90. The highest BCUT2D eigenvalue weighted by molar-refractivity contribution is 7.93. The zero-order valence-corrected chi connectivity index (χ0v) is 8.42. The maximum absolute atomic E-state index is 11.6. The first-order valence-electron chi connectivity index (χ1n) is 3.64. The molecular formula is C9H9ClO2S. The number of halogens is 1. The predicted octanol–water partition coefficient (Wildman–Crippen LogP) is 2.21. The molecule has 1 aromatic carbocycles. The Hall–Kier alpha value is -0.800. The lowest BCUT2D eigenvalue weighted by Gasteiger charge is -2.05. The second kappa shape index (κ2) is 3.94. The van der Waals surface area contributed by atoms with E-state index in [1.165, 1.54) is 18.2 Å². The first-order chi connectivity index (χ1) is 6.09. The van der Waals surface area contributed by atoms with E-state index in [2.05, 4.69) is 6.58 Å². The summed E-state index contributed by atoms with van der Waals surface area (Å²) in [6.45, 7) is 3.34. The van der Waals surface area contributed by atoms with Gasteiger partial charge in [-0.25, -0.2) is 8.42 Å². The van der Waals surface area contributed by atoms with Crippen molar-refractivity contribution in [2.75, 3.05) is 0 Å². The van der Waals surface area contributed by atoms with Crippen LogP contribution in [-0.4, -0.2) is 13.1 Å². The third kappa shape index (κ3) is 2.11. The zero-order valence-electron chi connectivity index (χ0n) is 6.85. The Morgan fingerprint density at radius 2 is 1.85 bits per heavy atom. The fourth-order valence-corrected chi connectivity index (χ4v) is 2.23. The summed E-state index contributed by atoms with van der Waals surface area (Å²) in [5, 5.41) is 0. The van der Waals surface area contributed by atoms with E-state index in [4.69, 9.17) is 11.6 Å². The van der Waals surface area contributed by atoms with Gasteiger partial charge in [-0.3, -0.25) is 0 Å². The molecule has 0 spiro atoms. The molecule has 0 aliphatic carbocycles. The quantitative estimate of drug-likeness (QED) is 0.574. The Morgan fingerprint density at radius 1 is 1.31 bits per heavy atom. The number of alkyl halides is 1. The Bertz CT molecular complexity index is 383. The molecule has 0 aromatic heterocycles. The molecular weight excluding hydrogens is 208 g/mol. The van der Waals surface area contributed by atoms with Gasteiger partial charge in [0.15, 0.2) is 14.5 Å². The molecule has 0 saturated heterocycles. The van der Waals surface area contributed by atoms with Crippen molar-refractivity contribution < 1.29 is 8.42 Å². The van der Waals surface area contributed by atoms with Crippen molar-refractivity contribution in [1.82, 2.24) is 0 Å². The van der Waals surface area contributed by atoms with Gasteiger partial charge in [0.05, 0.1) is 4.90 Å². The fourth-order valence-electron chi connectivity index (χ4n) is 0.867. The summed E-state index contributed by atoms with van der Waals surface area (Å²) in [5.74, 6) is 0. The van der Waals surface area contributed by atoms with E-state index < -0.39 is 14.5 Å². The first kappa shape index (κ1) is 10.3. The van der Waals surface area contributed by atoms with Crippen LogP contribution in [0.5, 0.6) is 0 Å². The third-order valence-corrected chi connectivity index (χ3v) is 4.15. The summed E-state index contributed by atoms with van der Waals surface area (Å²) in [5.41, 5.74) is 0. The van der Waals surface area contributed by atoms with Crippen LogP contribution in [0.3, 0.4) is 0 Å². The molecule has 1 rings (SSSR count). The molecule has 0 fully saturated rings. The maximum atomic E-state index is 11.6. The lowest BCUT2D eigenvalue weighted by Crippen LogP contribution is -2.12. The van der Waals surface area contributed by atoms with Crippen molar-refractivity contribution >= 4 is 21.4 Å². The summed E-state index contributed by atoms with van der Waals surface area (Å²) in [6, 6.07) is 8.07. The molecule has 0 aliphatic rings. The van der Waals surface area contributed by atoms with Gasteiger partial charge in [0, 0.05) is 0 Å². The number of hydrogen-bond donors (Lipinski definition) is 0. The van der Waals surface area contributed by atoms with Gasteiger partial charge in [-0.05, 0) is 12.1 Å². The molecule has 0 saturated carbocycles. The third-order valence-electron chi connectivity index (χ3n) is 1.55. The Balaban J connectivity index is 3.16. The molecule has 1 atom stereocenters. The molecule has 4 heteroatoms. The summed E-state index contributed by atoms with van der Waals surface area (Å²) < 4.78 is 22.1. The van der Waals surface area contributed by atoms with Gasteiger partial charge in [-0.15, -0.1) is 18.2 Å². The molecule has 1 aromatic rings. The van der Waals surface area contributed by atoms with Crippen LogP contribution in [0.25, 0.3) is 0 Å². The minimum atomic E-state index is -3.44. The predicted molar refractivity (Wildman–Crippen MR) is 53.5 cm³/mol. The minimum Gasteiger partial charge on any atom is -0.222 e. The second-order valence-electron chi connectivity index (χ2n) is 2.44. The second-order valence-corrected chi connectivity index (χ2v) is 5.24. The highest BCUT2D eigenvalue weighted by Gasteiger charge is 2.21. The van der Waals surface area contributed by atoms with Crippen molar-refractivity contribution in [3.8, 4) is 0 Å². The van der Waals surface area contributed by atoms with Crippen LogP contribution in [0.4, 0.5) is 0 Å². The Labute approximate surface area is 82.8 Å². The van der Waals surface area contributed by atoms with Crippen LogP contribution < -0.4 is 0 Å². The van der Waals surface area contributed by atoms with E-state index in [-0.39, 0.29) is 4.90 Å². The molecule has 0 N–H and O–H groups in total. The van der Waals surface area contributed by atoms with E-state index in [9.17, 15) is 8.42 Å². The van der Waals surface area contributed by atoms with Gasteiger partial charge in [0.2, 0.25) is 0 Å². The summed E-state index contributed by atoms with van der Waals surface area (Å²) in [4.78, 5) is 0.218. The van der Waals surface area contributed by atoms with Gasteiger partial charge in [0.1, 0.15) is 0 Å². The van der Waals surface area contributed by atoms with Crippen molar-refractivity contribution in [3.63, 3.8) is 0 Å². The monoisotopic (exact) mass is 216 g/mol. The van der Waals surface area contributed by atoms with Gasteiger partial charge < -0.3 is 0 Å². The summed E-state index contributed by atoms with van der Waals surface area (Å²) in [6.07, 6.45) is 1.20. The molecule has 0 amide bonds. The van der Waals surface area contributed by atoms with E-state index in [0.717, 1.165) is 0 Å². The van der Waals surface area contributed by atoms with Gasteiger partial charge in [-0.2, -0.15) is 0 Å². The van der Waals surface area contributed by atoms with Crippen LogP contribution in [0.1, 0.15) is 0 Å². The van der Waals surface area contributed by atoms with Crippen molar-refractivity contribution in [2.45, 2.75) is 9.60 Å². The van der Waals surface area contributed by atoms with E-state index >= 15 is 0 Å². The lowest BCUT2D eigenvalue weighted by atomic mass is 10.4. The highest BCUT2D eigenvalue weighted by atomic mass is 35.5. The largest absolute Gasteiger partial charge is 0.222 e. The molecule has 13 heavy (non-hydrogen) atoms. The highest BCUT2D eigenvalue weighted by Crippen LogP contribution is 2.18. The van der Waals surface area contributed by atoms with E-state index in [0.29, 0.717) is 0 Å². The smallest absolute Gasteiger partial charge is 0.198 e. The van der Waals surface area contributed by atoms with Gasteiger partial charge in [0.25, 0.3) is 0 Å². The lowest BCUT2D eigenvalue weighted by molar-refractivity contribution is 0.596. The van der Waals surface area contributed by atoms with E-state index in [1.807, 2.05) is 0 Å². The summed E-state index contributed by atoms with van der Waals surface area (Å²) >= 11 is 5.59. The topological polar surface area (TPSA) is 34.1 Å². The molecule has 1 unspecified atom stereocenters. The van der Waals surface area contributed by atoms with Crippen molar-refractivity contribution in [1.29, 1.82) is 0 Å². The van der Waals surface area contributed by atoms with Crippen LogP contribution in [-0.2, 0) is 9.84 Å². The SMILES string of the molecule is C=CC(Cl)S(=O)(=O)c1ccccc1. The maximum Gasteiger partial charge on any atom is 0.198 e. The molecule has 2 nitrogen and oxygen atoms in total. The average molecular weight is 217 g/mol. The average Bonchev–Trinajstić information content (AvgIpc) is 2.18. The number of rotatable bonds is 3. The number of benzene rings is 1. The standard InChI is InChI=1S/C9H9ClO2S/c1-2-9(10)13(11,12)8-6-4-3-5-7-8/h2-7,9H,1H2. The van der Waals surface area contributed by atoms with Gasteiger partial charge in [-0.1, -0.05) is 24.3 Å². The van der Waals surface area contributed by atoms with Crippen LogP contribution in [0.2, 0.25) is 0 Å². The minimum absolute atomic E-state index is 0.218. The first-order valence-corrected chi connectivity index (χ1v) is 5.63. The fraction of sp³-hybridized carbons (Fsp3) is 0.111. The molecule has 0 bridgehead atoms. The molecule has 70 valence electrons. The van der Waals surface area contributed by atoms with Gasteiger partial charge >= 0.3 is 0 Å². The van der Waals surface area contributed by atoms with Crippen LogP contribution >= 0.6 is 11.6 Å². The van der Waals surface area contributed by atoms with Crippen LogP contribution in [0.15, 0.2) is 47.9 Å². The molecule has 0 aliphatic heterocycles. The number of hydrogen-bond acceptors (Lipinski definition) is 2. The summed E-state index contributed by atoms with van der Waals surface area (Å²) in [7, 11) is -3.44. The number of sulfone groups is 1. The van der Waals surface area contributed by atoms with Crippen molar-refractivity contribution in [3.05, 3.63) is 43.0 Å². The Morgan fingerprint density at radius 3 is 2.31 bits per heavy atom. The molecule has 0 radical (unpaired) electrons. The van der Waals surface area contributed by atoms with E-state index in [1.54, 1.807) is 18.2 Å². The van der Waals surface area contributed by atoms with Crippen LogP contribution in [0, 0.1) is 0 Å². The Kier molecular flexibility index (Phi) is 3.12. The normalized spacial score (nSPS) is 13.6.